The van der Waals surface area contributed by atoms with Crippen LogP contribution in [0.5, 0.6) is 5.75 Å². The lowest BCUT2D eigenvalue weighted by Crippen LogP contribution is -2.20. The van der Waals surface area contributed by atoms with Gasteiger partial charge >= 0.3 is 6.03 Å². The molecule has 0 aliphatic heterocycles. The minimum absolute atomic E-state index is 0.300. The normalized spacial score (nSPS) is 10.6. The van der Waals surface area contributed by atoms with Gasteiger partial charge in [-0.25, -0.2) is 4.79 Å². The van der Waals surface area contributed by atoms with E-state index in [1.54, 1.807) is 0 Å². The molecule has 2 aromatic carbocycles. The zero-order valence-electron chi connectivity index (χ0n) is 16.7. The van der Waals surface area contributed by atoms with Crippen molar-refractivity contribution in [3.8, 4) is 5.75 Å². The third-order valence-electron chi connectivity index (χ3n) is 4.62. The van der Waals surface area contributed by atoms with Crippen molar-refractivity contribution in [1.29, 1.82) is 0 Å². The second-order valence-electron chi connectivity index (χ2n) is 6.67. The van der Waals surface area contributed by atoms with Gasteiger partial charge in [-0.05, 0) is 63.1 Å². The molecule has 0 atom stereocenters. The van der Waals surface area contributed by atoms with Crippen LogP contribution in [0.3, 0.4) is 0 Å². The van der Waals surface area contributed by atoms with Gasteiger partial charge < -0.3 is 15.4 Å². The van der Waals surface area contributed by atoms with Gasteiger partial charge in [0.15, 0.2) is 0 Å². The molecule has 6 nitrogen and oxygen atoms in total. The van der Waals surface area contributed by atoms with Crippen molar-refractivity contribution < 1.29 is 9.53 Å². The van der Waals surface area contributed by atoms with Gasteiger partial charge in [0.2, 0.25) is 0 Å². The molecular weight excluding hydrogens is 352 g/mol. The van der Waals surface area contributed by atoms with Gasteiger partial charge in [-0.1, -0.05) is 24.3 Å². The van der Waals surface area contributed by atoms with Crippen molar-refractivity contribution in [2.75, 3.05) is 17.2 Å². The maximum Gasteiger partial charge on any atom is 0.323 e. The number of rotatable bonds is 6. The number of benzene rings is 2. The molecule has 1 aromatic heterocycles. The number of aromatic nitrogens is 2. The average molecular weight is 378 g/mol. The number of ether oxygens (including phenoxy) is 1. The third kappa shape index (κ3) is 4.52. The van der Waals surface area contributed by atoms with E-state index in [0.29, 0.717) is 18.8 Å². The third-order valence-corrected chi connectivity index (χ3v) is 4.62. The minimum atomic E-state index is -0.300. The standard InChI is InChI=1S/C22H26N4O2/c1-5-28-20-12-10-19(11-13-20)23-22(27)24-21-16(3)25-26(17(21)4)14-18-9-7-6-8-15(18)2/h6-13H,5,14H2,1-4H3,(H2,23,24,27). The number of hydrogen-bond donors (Lipinski definition) is 2. The van der Waals surface area contributed by atoms with Gasteiger partial charge in [-0.2, -0.15) is 5.10 Å². The molecule has 0 saturated carbocycles. The number of hydrogen-bond acceptors (Lipinski definition) is 3. The highest BCUT2D eigenvalue weighted by Crippen LogP contribution is 2.22. The first-order chi connectivity index (χ1) is 13.5. The van der Waals surface area contributed by atoms with Gasteiger partial charge in [-0.3, -0.25) is 4.68 Å². The molecule has 0 saturated heterocycles. The van der Waals surface area contributed by atoms with Crippen molar-refractivity contribution >= 4 is 17.4 Å². The van der Waals surface area contributed by atoms with Crippen LogP contribution < -0.4 is 15.4 Å². The molecule has 0 aliphatic rings. The van der Waals surface area contributed by atoms with Crippen molar-refractivity contribution in [3.05, 3.63) is 71.0 Å². The Labute approximate surface area is 165 Å². The van der Waals surface area contributed by atoms with Crippen LogP contribution >= 0.6 is 0 Å². The first-order valence-electron chi connectivity index (χ1n) is 9.37. The Hall–Kier alpha value is -3.28. The second kappa shape index (κ2) is 8.61. The van der Waals surface area contributed by atoms with E-state index in [0.717, 1.165) is 22.8 Å². The van der Waals surface area contributed by atoms with Crippen LogP contribution in [0.2, 0.25) is 0 Å². The topological polar surface area (TPSA) is 68.2 Å². The molecule has 3 aromatic rings. The summed E-state index contributed by atoms with van der Waals surface area (Å²) in [6.45, 7) is 9.16. The van der Waals surface area contributed by atoms with Crippen LogP contribution in [0.15, 0.2) is 48.5 Å². The minimum Gasteiger partial charge on any atom is -0.494 e. The molecule has 0 spiro atoms. The Morgan fingerprint density at radius 1 is 1.04 bits per heavy atom. The summed E-state index contributed by atoms with van der Waals surface area (Å²) in [5.41, 5.74) is 5.56. The van der Waals surface area contributed by atoms with Crippen molar-refractivity contribution in [3.63, 3.8) is 0 Å². The molecule has 0 radical (unpaired) electrons. The van der Waals surface area contributed by atoms with Gasteiger partial charge in [-0.15, -0.1) is 0 Å². The summed E-state index contributed by atoms with van der Waals surface area (Å²) < 4.78 is 7.33. The number of nitrogens with one attached hydrogen (secondary N) is 2. The van der Waals surface area contributed by atoms with Crippen LogP contribution in [0.4, 0.5) is 16.2 Å². The van der Waals surface area contributed by atoms with E-state index in [1.807, 2.05) is 61.9 Å². The van der Waals surface area contributed by atoms with E-state index in [-0.39, 0.29) is 6.03 Å². The van der Waals surface area contributed by atoms with Gasteiger partial charge in [0.25, 0.3) is 0 Å². The highest BCUT2D eigenvalue weighted by molar-refractivity contribution is 6.00. The number of nitrogens with zero attached hydrogens (tertiary/aromatic N) is 2. The average Bonchev–Trinajstić information content (AvgIpc) is 2.93. The van der Waals surface area contributed by atoms with Crippen LogP contribution in [0, 0.1) is 20.8 Å². The van der Waals surface area contributed by atoms with E-state index in [4.69, 9.17) is 4.74 Å². The van der Waals surface area contributed by atoms with Crippen molar-refractivity contribution in [2.45, 2.75) is 34.2 Å². The molecule has 1 heterocycles. The van der Waals surface area contributed by atoms with Crippen LogP contribution in [-0.4, -0.2) is 22.4 Å². The lowest BCUT2D eigenvalue weighted by Gasteiger charge is -2.10. The van der Waals surface area contributed by atoms with Gasteiger partial charge in [0.05, 0.1) is 30.2 Å². The number of carbonyl (C=O) groups is 1. The van der Waals surface area contributed by atoms with E-state index >= 15 is 0 Å². The number of aryl methyl sites for hydroxylation is 2. The SMILES string of the molecule is CCOc1ccc(NC(=O)Nc2c(C)nn(Cc3ccccc3C)c2C)cc1. The summed E-state index contributed by atoms with van der Waals surface area (Å²) in [5.74, 6) is 0.776. The molecule has 146 valence electrons. The summed E-state index contributed by atoms with van der Waals surface area (Å²) in [5, 5.41) is 10.4. The molecule has 2 amide bonds. The predicted octanol–water partition coefficient (Wildman–Crippen LogP) is 4.90. The van der Waals surface area contributed by atoms with Gasteiger partial charge in [0.1, 0.15) is 5.75 Å². The summed E-state index contributed by atoms with van der Waals surface area (Å²) >= 11 is 0. The summed E-state index contributed by atoms with van der Waals surface area (Å²) in [6, 6.07) is 15.2. The Morgan fingerprint density at radius 2 is 1.75 bits per heavy atom. The lowest BCUT2D eigenvalue weighted by atomic mass is 10.1. The van der Waals surface area contributed by atoms with Crippen LogP contribution in [0.1, 0.15) is 29.4 Å². The fraction of sp³-hybridized carbons (Fsp3) is 0.273. The van der Waals surface area contributed by atoms with Crippen molar-refractivity contribution in [1.82, 2.24) is 9.78 Å². The molecule has 6 heteroatoms. The van der Waals surface area contributed by atoms with Crippen molar-refractivity contribution in [2.24, 2.45) is 0 Å². The van der Waals surface area contributed by atoms with E-state index in [9.17, 15) is 4.79 Å². The quantitative estimate of drug-likeness (QED) is 0.641. The maximum absolute atomic E-state index is 12.4. The molecule has 28 heavy (non-hydrogen) atoms. The summed E-state index contributed by atoms with van der Waals surface area (Å²) in [7, 11) is 0. The largest absolute Gasteiger partial charge is 0.494 e. The molecule has 0 unspecified atom stereocenters. The molecule has 0 bridgehead atoms. The van der Waals surface area contributed by atoms with E-state index in [2.05, 4.69) is 34.8 Å². The zero-order valence-corrected chi connectivity index (χ0v) is 16.7. The number of anilines is 2. The molecule has 2 N–H and O–H groups in total. The molecular formula is C22H26N4O2. The first kappa shape index (κ1) is 19.5. The fourth-order valence-corrected chi connectivity index (χ4v) is 3.06. The molecule has 0 fully saturated rings. The highest BCUT2D eigenvalue weighted by atomic mass is 16.5. The Morgan fingerprint density at radius 3 is 2.43 bits per heavy atom. The highest BCUT2D eigenvalue weighted by Gasteiger charge is 2.15. The van der Waals surface area contributed by atoms with Gasteiger partial charge in [0, 0.05) is 5.69 Å². The Balaban J connectivity index is 1.69. The van der Waals surface area contributed by atoms with E-state index < -0.39 is 0 Å². The maximum atomic E-state index is 12.4. The van der Waals surface area contributed by atoms with Crippen LogP contribution in [0.25, 0.3) is 0 Å². The molecule has 0 aliphatic carbocycles. The first-order valence-corrected chi connectivity index (χ1v) is 9.37. The predicted molar refractivity (Wildman–Crippen MR) is 112 cm³/mol. The smallest absolute Gasteiger partial charge is 0.323 e. The zero-order chi connectivity index (χ0) is 20.1. The summed E-state index contributed by atoms with van der Waals surface area (Å²) in [6.07, 6.45) is 0. The van der Waals surface area contributed by atoms with Crippen LogP contribution in [-0.2, 0) is 6.54 Å². The Bertz CT molecular complexity index is 961. The monoisotopic (exact) mass is 378 g/mol. The molecule has 3 rings (SSSR count). The number of amides is 2. The lowest BCUT2D eigenvalue weighted by molar-refractivity contribution is 0.262. The number of carbonyl (C=O) groups excluding carboxylic acids is 1. The number of urea groups is 1. The van der Waals surface area contributed by atoms with E-state index in [1.165, 1.54) is 11.1 Å². The second-order valence-corrected chi connectivity index (χ2v) is 6.67. The fourth-order valence-electron chi connectivity index (χ4n) is 3.06. The summed E-state index contributed by atoms with van der Waals surface area (Å²) in [4.78, 5) is 12.4. The Kier molecular flexibility index (Phi) is 5.99.